The van der Waals surface area contributed by atoms with Gasteiger partial charge in [-0.2, -0.15) is 13.2 Å². The molecule has 3 aromatic rings. The van der Waals surface area contributed by atoms with Crippen LogP contribution in [0.4, 0.5) is 18.9 Å². The number of aliphatic hydroxyl groups is 1. The molecular weight excluding hydrogens is 495 g/mol. The lowest BCUT2D eigenvalue weighted by molar-refractivity contribution is -0.137. The van der Waals surface area contributed by atoms with E-state index in [2.05, 4.69) is 0 Å². The molecule has 0 radical (unpaired) electrons. The molecule has 1 saturated heterocycles. The van der Waals surface area contributed by atoms with E-state index in [4.69, 9.17) is 4.74 Å². The van der Waals surface area contributed by atoms with Crippen LogP contribution in [0.5, 0.6) is 5.75 Å². The second-order valence-corrected chi connectivity index (χ2v) is 9.47. The smallest absolute Gasteiger partial charge is 0.416 e. The minimum Gasteiger partial charge on any atom is -0.507 e. The van der Waals surface area contributed by atoms with Crippen molar-refractivity contribution in [2.45, 2.75) is 45.8 Å². The zero-order valence-electron chi connectivity index (χ0n) is 21.5. The topological polar surface area (TPSA) is 66.8 Å². The number of carbonyl (C=O) groups excluding carboxylic acids is 2. The zero-order chi connectivity index (χ0) is 27.8. The van der Waals surface area contributed by atoms with E-state index in [1.54, 1.807) is 36.4 Å². The molecule has 1 unspecified atom stereocenters. The van der Waals surface area contributed by atoms with Gasteiger partial charge in [-0.1, -0.05) is 43.7 Å². The number of nitrogens with zero attached hydrogens (tertiary/aromatic N) is 1. The van der Waals surface area contributed by atoms with Crippen molar-refractivity contribution in [2.75, 3.05) is 11.5 Å². The van der Waals surface area contributed by atoms with Gasteiger partial charge in [0.15, 0.2) is 0 Å². The number of ketones is 1. The first-order chi connectivity index (χ1) is 17.9. The summed E-state index contributed by atoms with van der Waals surface area (Å²) < 4.78 is 45.2. The Balaban J connectivity index is 1.91. The summed E-state index contributed by atoms with van der Waals surface area (Å²) in [6.45, 7) is 8.10. The number of aryl methyl sites for hydroxylation is 1. The van der Waals surface area contributed by atoms with Crippen molar-refractivity contribution in [3.8, 4) is 5.75 Å². The zero-order valence-corrected chi connectivity index (χ0v) is 21.5. The van der Waals surface area contributed by atoms with Crippen LogP contribution in [0.15, 0.2) is 72.3 Å². The first-order valence-corrected chi connectivity index (χ1v) is 12.3. The fraction of sp³-hybridized carbons (Fsp3) is 0.267. The number of rotatable bonds is 6. The Hall–Kier alpha value is -4.07. The molecule has 4 rings (SSSR count). The van der Waals surface area contributed by atoms with Crippen molar-refractivity contribution in [1.29, 1.82) is 0 Å². The van der Waals surface area contributed by atoms with Crippen molar-refractivity contribution in [2.24, 2.45) is 0 Å². The lowest BCUT2D eigenvalue weighted by atomic mass is 9.92. The van der Waals surface area contributed by atoms with Crippen LogP contribution in [-0.2, 0) is 15.8 Å². The quantitative estimate of drug-likeness (QED) is 0.211. The molecule has 198 valence electrons. The second kappa shape index (κ2) is 10.4. The average Bonchev–Trinajstić information content (AvgIpc) is 3.13. The van der Waals surface area contributed by atoms with Crippen LogP contribution < -0.4 is 9.64 Å². The Morgan fingerprint density at radius 2 is 1.71 bits per heavy atom. The number of amides is 1. The minimum atomic E-state index is -4.55. The van der Waals surface area contributed by atoms with Gasteiger partial charge < -0.3 is 9.84 Å². The van der Waals surface area contributed by atoms with Gasteiger partial charge in [0.05, 0.1) is 23.8 Å². The largest absolute Gasteiger partial charge is 0.507 e. The molecule has 1 amide bonds. The van der Waals surface area contributed by atoms with Gasteiger partial charge >= 0.3 is 6.18 Å². The van der Waals surface area contributed by atoms with Gasteiger partial charge in [0.2, 0.25) is 0 Å². The van der Waals surface area contributed by atoms with Gasteiger partial charge in [-0.3, -0.25) is 14.5 Å². The summed E-state index contributed by atoms with van der Waals surface area (Å²) in [5.74, 6) is -1.53. The van der Waals surface area contributed by atoms with E-state index in [1.165, 1.54) is 0 Å². The molecule has 0 bridgehead atoms. The number of halogens is 3. The number of aliphatic hydroxyl groups excluding tert-OH is 1. The van der Waals surface area contributed by atoms with Crippen LogP contribution in [0.3, 0.4) is 0 Å². The number of hydrogen-bond donors (Lipinski definition) is 1. The molecule has 1 atom stereocenters. The third kappa shape index (κ3) is 5.03. The maximum Gasteiger partial charge on any atom is 0.416 e. The third-order valence-electron chi connectivity index (χ3n) is 6.48. The number of carbonyl (C=O) groups is 2. The van der Waals surface area contributed by atoms with Gasteiger partial charge in [-0.25, -0.2) is 0 Å². The molecule has 0 spiro atoms. The molecular formula is C30H28F3NO4. The van der Waals surface area contributed by atoms with Crippen molar-refractivity contribution >= 4 is 23.1 Å². The Kier molecular flexibility index (Phi) is 7.35. The number of alkyl halides is 3. The average molecular weight is 524 g/mol. The standard InChI is InChI=1S/C30H28F3NO4/c1-5-38-24-14-9-20(16-23(24)17(2)3)27(35)25-26(19-8-6-7-18(4)15-19)34(29(37)28(25)36)22-12-10-21(11-13-22)30(31,32)33/h6-17,26,35H,5H2,1-4H3/b27-25-. The summed E-state index contributed by atoms with van der Waals surface area (Å²) in [4.78, 5) is 27.8. The molecule has 1 heterocycles. The molecule has 38 heavy (non-hydrogen) atoms. The highest BCUT2D eigenvalue weighted by Gasteiger charge is 2.47. The Bertz CT molecular complexity index is 1410. The SMILES string of the molecule is CCOc1ccc(/C(O)=C2/C(=O)C(=O)N(c3ccc(C(F)(F)F)cc3)C2c2cccc(C)c2)cc1C(C)C. The maximum atomic E-state index is 13.4. The van der Waals surface area contributed by atoms with E-state index in [0.29, 0.717) is 23.5 Å². The summed E-state index contributed by atoms with van der Waals surface area (Å²) in [6, 6.07) is 15.1. The van der Waals surface area contributed by atoms with E-state index >= 15 is 0 Å². The summed E-state index contributed by atoms with van der Waals surface area (Å²) in [5.41, 5.74) is 1.64. The molecule has 1 aliphatic heterocycles. The molecule has 3 aromatic carbocycles. The molecule has 1 aliphatic rings. The van der Waals surface area contributed by atoms with Crippen molar-refractivity contribution in [3.05, 3.63) is 100 Å². The van der Waals surface area contributed by atoms with E-state index in [-0.39, 0.29) is 22.9 Å². The molecule has 0 aromatic heterocycles. The molecule has 1 N–H and O–H groups in total. The van der Waals surface area contributed by atoms with Crippen molar-refractivity contribution < 1.29 is 32.6 Å². The fourth-order valence-electron chi connectivity index (χ4n) is 4.65. The number of ether oxygens (including phenoxy) is 1. The lowest BCUT2D eigenvalue weighted by Crippen LogP contribution is -2.29. The van der Waals surface area contributed by atoms with E-state index < -0.39 is 29.5 Å². The van der Waals surface area contributed by atoms with Crippen LogP contribution in [0.25, 0.3) is 5.76 Å². The van der Waals surface area contributed by atoms with Crippen molar-refractivity contribution in [1.82, 2.24) is 0 Å². The summed E-state index contributed by atoms with van der Waals surface area (Å²) >= 11 is 0. The van der Waals surface area contributed by atoms with Gasteiger partial charge in [0.1, 0.15) is 11.5 Å². The fourth-order valence-corrected chi connectivity index (χ4v) is 4.65. The number of hydrogen-bond acceptors (Lipinski definition) is 4. The molecule has 1 fully saturated rings. The van der Waals surface area contributed by atoms with Crippen LogP contribution in [0.2, 0.25) is 0 Å². The predicted molar refractivity (Wildman–Crippen MR) is 139 cm³/mol. The molecule has 0 saturated carbocycles. The number of benzene rings is 3. The van der Waals surface area contributed by atoms with Gasteiger partial charge in [0, 0.05) is 11.3 Å². The van der Waals surface area contributed by atoms with Gasteiger partial charge in [-0.05, 0) is 73.4 Å². The molecule has 8 heteroatoms. The molecule has 0 aliphatic carbocycles. The van der Waals surface area contributed by atoms with Crippen molar-refractivity contribution in [3.63, 3.8) is 0 Å². The first kappa shape index (κ1) is 27.0. The first-order valence-electron chi connectivity index (χ1n) is 12.3. The van der Waals surface area contributed by atoms with Gasteiger partial charge in [0.25, 0.3) is 11.7 Å². The second-order valence-electron chi connectivity index (χ2n) is 9.47. The van der Waals surface area contributed by atoms with Gasteiger partial charge in [-0.15, -0.1) is 0 Å². The van der Waals surface area contributed by atoms with Crippen LogP contribution in [0, 0.1) is 6.92 Å². The van der Waals surface area contributed by atoms with E-state index in [0.717, 1.165) is 40.3 Å². The summed E-state index contributed by atoms with van der Waals surface area (Å²) in [5, 5.41) is 11.4. The predicted octanol–water partition coefficient (Wildman–Crippen LogP) is 7.16. The van der Waals surface area contributed by atoms with Crippen LogP contribution in [0.1, 0.15) is 60.5 Å². The Morgan fingerprint density at radius 3 is 2.29 bits per heavy atom. The minimum absolute atomic E-state index is 0.0476. The van der Waals surface area contributed by atoms with E-state index in [9.17, 15) is 27.9 Å². The van der Waals surface area contributed by atoms with Crippen LogP contribution >= 0.6 is 0 Å². The van der Waals surface area contributed by atoms with E-state index in [1.807, 2.05) is 33.8 Å². The third-order valence-corrected chi connectivity index (χ3v) is 6.48. The highest BCUT2D eigenvalue weighted by molar-refractivity contribution is 6.51. The Morgan fingerprint density at radius 1 is 1.03 bits per heavy atom. The highest BCUT2D eigenvalue weighted by atomic mass is 19.4. The number of anilines is 1. The summed E-state index contributed by atoms with van der Waals surface area (Å²) in [6.07, 6.45) is -4.55. The normalized spacial score (nSPS) is 17.4. The monoisotopic (exact) mass is 523 g/mol. The number of Topliss-reactive ketones (excluding diaryl/α,β-unsaturated/α-hetero) is 1. The highest BCUT2D eigenvalue weighted by Crippen LogP contribution is 2.43. The molecule has 5 nitrogen and oxygen atoms in total. The Labute approximate surface area is 219 Å². The maximum absolute atomic E-state index is 13.4. The summed E-state index contributed by atoms with van der Waals surface area (Å²) in [7, 11) is 0. The van der Waals surface area contributed by atoms with Crippen LogP contribution in [-0.4, -0.2) is 23.4 Å². The lowest BCUT2D eigenvalue weighted by Gasteiger charge is -2.26.